The van der Waals surface area contributed by atoms with E-state index in [9.17, 15) is 9.90 Å². The van der Waals surface area contributed by atoms with Gasteiger partial charge in [-0.25, -0.2) is 0 Å². The van der Waals surface area contributed by atoms with Crippen LogP contribution >= 0.6 is 0 Å². The molecule has 0 fully saturated rings. The van der Waals surface area contributed by atoms with Crippen LogP contribution in [0.25, 0.3) is 0 Å². The van der Waals surface area contributed by atoms with Crippen LogP contribution in [0.15, 0.2) is 12.1 Å². The molecular formula is C13H17NO3. The zero-order valence-electron chi connectivity index (χ0n) is 9.65. The highest BCUT2D eigenvalue weighted by molar-refractivity contribution is 5.76. The second kappa shape index (κ2) is 4.75. The molecule has 0 amide bonds. The van der Waals surface area contributed by atoms with Gasteiger partial charge in [0.2, 0.25) is 0 Å². The molecule has 1 aromatic rings. The van der Waals surface area contributed by atoms with Gasteiger partial charge in [0.25, 0.3) is 0 Å². The van der Waals surface area contributed by atoms with Crippen LogP contribution in [0.4, 0.5) is 0 Å². The predicted molar refractivity (Wildman–Crippen MR) is 63.9 cm³/mol. The lowest BCUT2D eigenvalue weighted by molar-refractivity contribution is -0.138. The fourth-order valence-corrected chi connectivity index (χ4v) is 2.35. The fourth-order valence-electron chi connectivity index (χ4n) is 2.35. The molecule has 0 aliphatic heterocycles. The Morgan fingerprint density at radius 2 is 1.76 bits per heavy atom. The molecule has 0 saturated heterocycles. The minimum Gasteiger partial charge on any atom is -0.508 e. The van der Waals surface area contributed by atoms with E-state index in [1.807, 2.05) is 0 Å². The molecule has 17 heavy (non-hydrogen) atoms. The van der Waals surface area contributed by atoms with E-state index >= 15 is 0 Å². The Hall–Kier alpha value is -1.55. The van der Waals surface area contributed by atoms with Crippen molar-refractivity contribution in [3.05, 3.63) is 28.8 Å². The van der Waals surface area contributed by atoms with Crippen molar-refractivity contribution in [1.82, 2.24) is 0 Å². The van der Waals surface area contributed by atoms with Crippen LogP contribution in [-0.4, -0.2) is 16.2 Å². The number of aryl methyl sites for hydroxylation is 2. The van der Waals surface area contributed by atoms with E-state index in [0.717, 1.165) is 36.8 Å². The number of hydrogen-bond donors (Lipinski definition) is 3. The highest BCUT2D eigenvalue weighted by Gasteiger charge is 2.20. The standard InChI is InChI=1S/C13H17NO3/c14-12(13(16)17)10-6-8-4-2-1-3-5-9(8)7-11(10)15/h6-7,12,15H,1-5,14H2,(H,16,17). The van der Waals surface area contributed by atoms with Crippen LogP contribution in [0, 0.1) is 0 Å². The van der Waals surface area contributed by atoms with Gasteiger partial charge in [-0.2, -0.15) is 0 Å². The molecule has 1 aliphatic carbocycles. The summed E-state index contributed by atoms with van der Waals surface area (Å²) in [6.45, 7) is 0. The number of aliphatic carboxylic acids is 1. The first-order chi connectivity index (χ1) is 8.09. The molecule has 1 unspecified atom stereocenters. The predicted octanol–water partition coefficient (Wildman–Crippen LogP) is 1.75. The van der Waals surface area contributed by atoms with Gasteiger partial charge >= 0.3 is 5.97 Å². The Morgan fingerprint density at radius 3 is 2.35 bits per heavy atom. The number of phenolic OH excluding ortho intramolecular Hbond substituents is 1. The molecule has 0 heterocycles. The number of nitrogens with two attached hydrogens (primary N) is 1. The summed E-state index contributed by atoms with van der Waals surface area (Å²) in [5.74, 6) is -1.12. The largest absolute Gasteiger partial charge is 0.508 e. The van der Waals surface area contributed by atoms with E-state index in [4.69, 9.17) is 10.8 Å². The van der Waals surface area contributed by atoms with Crippen LogP contribution in [0.1, 0.15) is 42.0 Å². The maximum absolute atomic E-state index is 10.9. The first-order valence-electron chi connectivity index (χ1n) is 5.92. The van der Waals surface area contributed by atoms with Crippen molar-refractivity contribution >= 4 is 5.97 Å². The molecular weight excluding hydrogens is 218 g/mol. The molecule has 4 N–H and O–H groups in total. The molecule has 1 atom stereocenters. The van der Waals surface area contributed by atoms with Gasteiger partial charge in [0.05, 0.1) is 0 Å². The van der Waals surface area contributed by atoms with Crippen LogP contribution in [0.2, 0.25) is 0 Å². The quantitative estimate of drug-likeness (QED) is 0.682. The van der Waals surface area contributed by atoms with E-state index < -0.39 is 12.0 Å². The van der Waals surface area contributed by atoms with Crippen molar-refractivity contribution in [3.8, 4) is 5.75 Å². The number of rotatable bonds is 2. The molecule has 2 rings (SSSR count). The molecule has 92 valence electrons. The van der Waals surface area contributed by atoms with Crippen molar-refractivity contribution < 1.29 is 15.0 Å². The molecule has 0 saturated carbocycles. The van der Waals surface area contributed by atoms with Gasteiger partial charge in [0.15, 0.2) is 0 Å². The molecule has 0 radical (unpaired) electrons. The lowest BCUT2D eigenvalue weighted by Crippen LogP contribution is -2.21. The average molecular weight is 235 g/mol. The van der Waals surface area contributed by atoms with Crippen molar-refractivity contribution in [1.29, 1.82) is 0 Å². The third-order valence-corrected chi connectivity index (χ3v) is 3.34. The Balaban J connectivity index is 2.42. The third-order valence-electron chi connectivity index (χ3n) is 3.34. The second-order valence-corrected chi connectivity index (χ2v) is 4.56. The van der Waals surface area contributed by atoms with Crippen molar-refractivity contribution in [3.63, 3.8) is 0 Å². The van der Waals surface area contributed by atoms with Crippen LogP contribution < -0.4 is 5.73 Å². The normalized spacial score (nSPS) is 17.0. The number of carboxylic acids is 1. The fraction of sp³-hybridized carbons (Fsp3) is 0.462. The Morgan fingerprint density at radius 1 is 1.18 bits per heavy atom. The topological polar surface area (TPSA) is 83.6 Å². The number of hydrogen-bond acceptors (Lipinski definition) is 3. The smallest absolute Gasteiger partial charge is 0.325 e. The Kier molecular flexibility index (Phi) is 3.33. The molecule has 1 aromatic carbocycles. The number of fused-ring (bicyclic) bond motifs is 1. The summed E-state index contributed by atoms with van der Waals surface area (Å²) in [7, 11) is 0. The van der Waals surface area contributed by atoms with Crippen LogP contribution in [0.3, 0.4) is 0 Å². The Labute approximate surface area is 100 Å². The minimum atomic E-state index is -1.15. The summed E-state index contributed by atoms with van der Waals surface area (Å²) in [5.41, 5.74) is 8.13. The van der Waals surface area contributed by atoms with Crippen molar-refractivity contribution in [2.24, 2.45) is 5.73 Å². The monoisotopic (exact) mass is 235 g/mol. The second-order valence-electron chi connectivity index (χ2n) is 4.56. The molecule has 4 nitrogen and oxygen atoms in total. The number of carboxylic acid groups (broad SMARTS) is 1. The number of benzene rings is 1. The van der Waals surface area contributed by atoms with E-state index in [2.05, 4.69) is 0 Å². The summed E-state index contributed by atoms with van der Waals surface area (Å²) in [6.07, 6.45) is 5.30. The summed E-state index contributed by atoms with van der Waals surface area (Å²) < 4.78 is 0. The number of carbonyl (C=O) groups is 1. The van der Waals surface area contributed by atoms with Crippen molar-refractivity contribution in [2.75, 3.05) is 0 Å². The highest BCUT2D eigenvalue weighted by Crippen LogP contribution is 2.30. The SMILES string of the molecule is NC(C(=O)O)c1cc2c(cc1O)CCCCC2. The maximum atomic E-state index is 10.9. The lowest BCUT2D eigenvalue weighted by atomic mass is 9.96. The first-order valence-corrected chi connectivity index (χ1v) is 5.92. The van der Waals surface area contributed by atoms with Crippen molar-refractivity contribution in [2.45, 2.75) is 38.1 Å². The van der Waals surface area contributed by atoms with Gasteiger partial charge in [-0.05, 0) is 48.9 Å². The Bertz CT molecular complexity index is 443. The highest BCUT2D eigenvalue weighted by atomic mass is 16.4. The number of aromatic hydroxyl groups is 1. The summed E-state index contributed by atoms with van der Waals surface area (Å²) in [4.78, 5) is 10.9. The first kappa shape index (κ1) is 11.9. The maximum Gasteiger partial charge on any atom is 0.325 e. The van der Waals surface area contributed by atoms with Gasteiger partial charge in [0, 0.05) is 5.56 Å². The van der Waals surface area contributed by atoms with Gasteiger partial charge in [0.1, 0.15) is 11.8 Å². The summed E-state index contributed by atoms with van der Waals surface area (Å²) in [6, 6.07) is 2.29. The van der Waals surface area contributed by atoms with Crippen LogP contribution in [-0.2, 0) is 17.6 Å². The van der Waals surface area contributed by atoms with Crippen LogP contribution in [0.5, 0.6) is 5.75 Å². The molecule has 0 spiro atoms. The van der Waals surface area contributed by atoms with E-state index in [1.54, 1.807) is 12.1 Å². The molecule has 4 heteroatoms. The lowest BCUT2D eigenvalue weighted by Gasteiger charge is -2.14. The zero-order valence-corrected chi connectivity index (χ0v) is 9.65. The van der Waals surface area contributed by atoms with Gasteiger partial charge in [-0.15, -0.1) is 0 Å². The molecule has 0 bridgehead atoms. The van der Waals surface area contributed by atoms with Gasteiger partial charge in [-0.3, -0.25) is 4.79 Å². The summed E-state index contributed by atoms with van der Waals surface area (Å²) >= 11 is 0. The van der Waals surface area contributed by atoms with E-state index in [1.165, 1.54) is 6.42 Å². The zero-order chi connectivity index (χ0) is 12.4. The summed E-state index contributed by atoms with van der Waals surface area (Å²) in [5, 5.41) is 18.7. The minimum absolute atomic E-state index is 0.000509. The third kappa shape index (κ3) is 2.42. The van der Waals surface area contributed by atoms with E-state index in [-0.39, 0.29) is 5.75 Å². The average Bonchev–Trinajstić information content (AvgIpc) is 2.51. The van der Waals surface area contributed by atoms with Gasteiger partial charge < -0.3 is 15.9 Å². The molecule has 1 aliphatic rings. The number of phenols is 1. The molecule has 0 aromatic heterocycles. The van der Waals surface area contributed by atoms with E-state index in [0.29, 0.717) is 5.56 Å². The van der Waals surface area contributed by atoms with Gasteiger partial charge in [-0.1, -0.05) is 6.42 Å².